The number of hydrogen-bond acceptors (Lipinski definition) is 6. The van der Waals surface area contributed by atoms with E-state index in [9.17, 15) is 13.2 Å². The van der Waals surface area contributed by atoms with Crippen LogP contribution in [0.3, 0.4) is 0 Å². The molecular formula is C18H18ClF3N6O. The molecule has 3 rings (SSSR count). The Hall–Kier alpha value is -2.85. The number of halogens is 4. The van der Waals surface area contributed by atoms with Gasteiger partial charge in [0.05, 0.1) is 11.9 Å². The summed E-state index contributed by atoms with van der Waals surface area (Å²) in [6, 6.07) is 7.00. The van der Waals surface area contributed by atoms with E-state index in [2.05, 4.69) is 25.6 Å². The molecule has 0 amide bonds. The Kier molecular flexibility index (Phi) is 6.23. The second kappa shape index (κ2) is 8.66. The fourth-order valence-corrected chi connectivity index (χ4v) is 2.79. The number of rotatable bonds is 7. The van der Waals surface area contributed by atoms with E-state index in [4.69, 9.17) is 16.3 Å². The number of anilines is 2. The minimum atomic E-state index is -4.53. The molecule has 0 saturated carbocycles. The van der Waals surface area contributed by atoms with E-state index < -0.39 is 11.9 Å². The van der Waals surface area contributed by atoms with E-state index in [1.54, 1.807) is 37.5 Å². The Morgan fingerprint density at radius 3 is 2.52 bits per heavy atom. The van der Waals surface area contributed by atoms with Crippen LogP contribution in [0.2, 0.25) is 5.28 Å². The first-order valence-corrected chi connectivity index (χ1v) is 8.86. The summed E-state index contributed by atoms with van der Waals surface area (Å²) < 4.78 is 45.3. The maximum atomic E-state index is 13.0. The lowest BCUT2D eigenvalue weighted by molar-refractivity contribution is -0.141. The molecule has 11 heteroatoms. The van der Waals surface area contributed by atoms with E-state index in [1.165, 1.54) is 11.7 Å². The van der Waals surface area contributed by atoms with Crippen molar-refractivity contribution in [3.63, 3.8) is 0 Å². The lowest BCUT2D eigenvalue weighted by Crippen LogP contribution is -2.06. The summed E-state index contributed by atoms with van der Waals surface area (Å²) in [6.45, 7) is 0.394. The summed E-state index contributed by atoms with van der Waals surface area (Å²) in [5.41, 5.74) is 1.16. The average molecular weight is 427 g/mol. The Bertz CT molecular complexity index is 975. The highest BCUT2D eigenvalue weighted by Crippen LogP contribution is 2.31. The first-order chi connectivity index (χ1) is 13.8. The molecule has 0 radical (unpaired) electrons. The van der Waals surface area contributed by atoms with Crippen molar-refractivity contribution >= 4 is 23.1 Å². The summed E-state index contributed by atoms with van der Waals surface area (Å²) >= 11 is 5.83. The number of ether oxygens (including phenoxy) is 1. The predicted molar refractivity (Wildman–Crippen MR) is 104 cm³/mol. The van der Waals surface area contributed by atoms with Gasteiger partial charge >= 0.3 is 6.18 Å². The number of nitrogens with zero attached hydrogens (tertiary/aromatic N) is 4. The smallest absolute Gasteiger partial charge is 0.384 e. The first kappa shape index (κ1) is 20.9. The molecule has 0 atom stereocenters. The Morgan fingerprint density at radius 1 is 1.17 bits per heavy atom. The molecule has 0 unspecified atom stereocenters. The Labute approximate surface area is 169 Å². The van der Waals surface area contributed by atoms with Crippen molar-refractivity contribution in [2.24, 2.45) is 0 Å². The van der Waals surface area contributed by atoms with Gasteiger partial charge in [0.1, 0.15) is 12.6 Å². The van der Waals surface area contributed by atoms with Crippen molar-refractivity contribution in [1.82, 2.24) is 19.5 Å². The van der Waals surface area contributed by atoms with E-state index in [-0.39, 0.29) is 17.8 Å². The number of imidazole rings is 1. The van der Waals surface area contributed by atoms with Crippen LogP contribution in [0.4, 0.5) is 24.7 Å². The van der Waals surface area contributed by atoms with Crippen molar-refractivity contribution in [3.8, 4) is 11.4 Å². The molecule has 0 aliphatic rings. The monoisotopic (exact) mass is 426 g/mol. The summed E-state index contributed by atoms with van der Waals surface area (Å²) in [4.78, 5) is 11.8. The molecule has 7 nitrogen and oxygen atoms in total. The lowest BCUT2D eigenvalue weighted by Gasteiger charge is -2.11. The van der Waals surface area contributed by atoms with Gasteiger partial charge in [-0.2, -0.15) is 18.2 Å². The second-order valence-corrected chi connectivity index (χ2v) is 6.37. The fourth-order valence-electron chi connectivity index (χ4n) is 2.66. The third-order valence-corrected chi connectivity index (χ3v) is 4.22. The van der Waals surface area contributed by atoms with E-state index >= 15 is 0 Å². The zero-order valence-electron chi connectivity index (χ0n) is 15.6. The van der Waals surface area contributed by atoms with Crippen molar-refractivity contribution in [1.29, 1.82) is 0 Å². The van der Waals surface area contributed by atoms with Crippen LogP contribution < -0.4 is 10.6 Å². The molecule has 1 aromatic carbocycles. The van der Waals surface area contributed by atoms with Crippen LogP contribution in [-0.4, -0.2) is 33.7 Å². The van der Waals surface area contributed by atoms with Gasteiger partial charge in [-0.1, -0.05) is 24.3 Å². The highest BCUT2D eigenvalue weighted by Gasteiger charge is 2.35. The van der Waals surface area contributed by atoms with Gasteiger partial charge in [-0.25, -0.2) is 9.97 Å². The van der Waals surface area contributed by atoms with E-state index in [1.807, 2.05) is 0 Å². The maximum absolute atomic E-state index is 13.0. The molecule has 0 fully saturated rings. The van der Waals surface area contributed by atoms with Crippen LogP contribution >= 0.6 is 11.6 Å². The molecule has 0 aliphatic heterocycles. The standard InChI is InChI=1S/C18H18ClF3N6O/c1-23-13-8-25-17(19)27-15(13)24-7-11-3-5-12(6-4-11)16-26-14(18(20,21)22)9-28(16)10-29-2/h3-6,8-9,23H,7,10H2,1-2H3,(H,24,25,27). The van der Waals surface area contributed by atoms with Crippen LogP contribution in [0, 0.1) is 0 Å². The number of nitrogens with one attached hydrogen (secondary N) is 2. The minimum absolute atomic E-state index is 0.0387. The fraction of sp³-hybridized carbons (Fsp3) is 0.278. The summed E-state index contributed by atoms with van der Waals surface area (Å²) in [5, 5.41) is 6.23. The van der Waals surface area contributed by atoms with Gasteiger partial charge in [-0.3, -0.25) is 0 Å². The summed E-state index contributed by atoms with van der Waals surface area (Å²) in [5.74, 6) is 0.723. The van der Waals surface area contributed by atoms with Crippen LogP contribution in [0.25, 0.3) is 11.4 Å². The lowest BCUT2D eigenvalue weighted by atomic mass is 10.1. The average Bonchev–Trinajstić information content (AvgIpc) is 3.12. The van der Waals surface area contributed by atoms with Crippen molar-refractivity contribution < 1.29 is 17.9 Å². The topological polar surface area (TPSA) is 76.9 Å². The zero-order valence-corrected chi connectivity index (χ0v) is 16.3. The Balaban J connectivity index is 1.79. The normalized spacial score (nSPS) is 11.5. The van der Waals surface area contributed by atoms with Crippen LogP contribution in [-0.2, 0) is 24.2 Å². The molecular weight excluding hydrogens is 409 g/mol. The summed E-state index contributed by atoms with van der Waals surface area (Å²) in [6.07, 6.45) is -2.03. The van der Waals surface area contributed by atoms with Gasteiger partial charge in [0.25, 0.3) is 0 Å². The number of benzene rings is 1. The molecule has 2 aromatic heterocycles. The molecule has 3 aromatic rings. The van der Waals surface area contributed by atoms with E-state index in [0.29, 0.717) is 23.6 Å². The number of methoxy groups -OCH3 is 1. The third-order valence-electron chi connectivity index (χ3n) is 4.04. The van der Waals surface area contributed by atoms with Crippen molar-refractivity contribution in [2.75, 3.05) is 24.8 Å². The van der Waals surface area contributed by atoms with Crippen LogP contribution in [0.5, 0.6) is 0 Å². The third kappa shape index (κ3) is 4.96. The van der Waals surface area contributed by atoms with Crippen LogP contribution in [0.15, 0.2) is 36.7 Å². The first-order valence-electron chi connectivity index (χ1n) is 8.48. The molecule has 0 saturated heterocycles. The summed E-state index contributed by atoms with van der Waals surface area (Å²) in [7, 11) is 3.15. The molecule has 29 heavy (non-hydrogen) atoms. The van der Waals surface area contributed by atoms with Gasteiger partial charge in [0, 0.05) is 32.5 Å². The number of aromatic nitrogens is 4. The van der Waals surface area contributed by atoms with Gasteiger partial charge in [0.15, 0.2) is 11.5 Å². The SMILES string of the molecule is CNc1cnc(Cl)nc1NCc1ccc(-c2nc(C(F)(F)F)cn2COC)cc1. The zero-order chi connectivity index (χ0) is 21.0. The highest BCUT2D eigenvalue weighted by atomic mass is 35.5. The quantitative estimate of drug-likeness (QED) is 0.549. The molecule has 0 aliphatic carbocycles. The number of alkyl halides is 3. The number of hydrogen-bond donors (Lipinski definition) is 2. The molecule has 2 N–H and O–H groups in total. The van der Waals surface area contributed by atoms with Crippen molar-refractivity contribution in [2.45, 2.75) is 19.5 Å². The Morgan fingerprint density at radius 2 is 1.90 bits per heavy atom. The van der Waals surface area contributed by atoms with Crippen LogP contribution in [0.1, 0.15) is 11.3 Å². The second-order valence-electron chi connectivity index (χ2n) is 6.04. The van der Waals surface area contributed by atoms with Crippen molar-refractivity contribution in [3.05, 3.63) is 53.2 Å². The van der Waals surface area contributed by atoms with Gasteiger partial charge < -0.3 is 19.9 Å². The van der Waals surface area contributed by atoms with Gasteiger partial charge in [0.2, 0.25) is 5.28 Å². The highest BCUT2D eigenvalue weighted by molar-refractivity contribution is 6.28. The predicted octanol–water partition coefficient (Wildman–Crippen LogP) is 4.27. The van der Waals surface area contributed by atoms with Gasteiger partial charge in [-0.15, -0.1) is 0 Å². The molecule has 0 spiro atoms. The largest absolute Gasteiger partial charge is 0.434 e. The molecule has 0 bridgehead atoms. The molecule has 2 heterocycles. The van der Waals surface area contributed by atoms with E-state index in [0.717, 1.165) is 11.8 Å². The minimum Gasteiger partial charge on any atom is -0.384 e. The maximum Gasteiger partial charge on any atom is 0.434 e. The van der Waals surface area contributed by atoms with Gasteiger partial charge in [-0.05, 0) is 17.2 Å². The molecule has 154 valence electrons.